The quantitative estimate of drug-likeness (QED) is 0.897. The fraction of sp³-hybridized carbons (Fsp3) is 0.737. The zero-order chi connectivity index (χ0) is 16.3. The summed E-state index contributed by atoms with van der Waals surface area (Å²) in [6.07, 6.45) is 3.70. The molecule has 0 saturated heterocycles. The number of aromatic nitrogens is 1. The number of nitrogens with one attached hydrogen (secondary N) is 1. The molecule has 2 fully saturated rings. The van der Waals surface area contributed by atoms with Crippen molar-refractivity contribution in [2.45, 2.75) is 73.4 Å². The highest BCUT2D eigenvalue weighted by molar-refractivity contribution is 5.96. The maximum absolute atomic E-state index is 12.8. The maximum atomic E-state index is 12.8. The molecule has 2 bridgehead atoms. The topological polar surface area (TPSA) is 34.0 Å². The van der Waals surface area contributed by atoms with E-state index in [1.165, 1.54) is 18.5 Å². The third kappa shape index (κ3) is 1.90. The minimum absolute atomic E-state index is 0.113. The summed E-state index contributed by atoms with van der Waals surface area (Å²) in [4.78, 5) is 12.8. The van der Waals surface area contributed by atoms with Crippen molar-refractivity contribution in [3.63, 3.8) is 0 Å². The fourth-order valence-electron chi connectivity index (χ4n) is 5.18. The van der Waals surface area contributed by atoms with E-state index < -0.39 is 0 Å². The molecule has 2 aliphatic rings. The maximum Gasteiger partial charge on any atom is 0.253 e. The molecule has 1 N–H and O–H groups in total. The molecule has 0 unspecified atom stereocenters. The molecular weight excluding hydrogens is 272 g/mol. The van der Waals surface area contributed by atoms with Crippen LogP contribution in [0.1, 0.15) is 68.7 Å². The molecule has 1 aromatic rings. The molecule has 3 nitrogen and oxygen atoms in total. The number of hydrogen-bond acceptors (Lipinski definition) is 1. The van der Waals surface area contributed by atoms with Crippen molar-refractivity contribution in [3.05, 3.63) is 23.0 Å². The molecule has 3 heteroatoms. The lowest BCUT2D eigenvalue weighted by Crippen LogP contribution is -2.47. The van der Waals surface area contributed by atoms with E-state index in [0.29, 0.717) is 11.5 Å². The van der Waals surface area contributed by atoms with E-state index in [9.17, 15) is 4.79 Å². The monoisotopic (exact) mass is 302 g/mol. The van der Waals surface area contributed by atoms with E-state index in [-0.39, 0.29) is 11.3 Å². The van der Waals surface area contributed by atoms with Gasteiger partial charge in [-0.2, -0.15) is 0 Å². The Morgan fingerprint density at radius 3 is 2.50 bits per heavy atom. The summed E-state index contributed by atoms with van der Waals surface area (Å²) in [7, 11) is 0. The van der Waals surface area contributed by atoms with Crippen molar-refractivity contribution >= 4 is 5.91 Å². The first kappa shape index (κ1) is 15.6. The van der Waals surface area contributed by atoms with Crippen molar-refractivity contribution < 1.29 is 4.79 Å². The summed E-state index contributed by atoms with van der Waals surface area (Å²) in [5, 5.41) is 3.38. The van der Waals surface area contributed by atoms with Gasteiger partial charge in [-0.15, -0.1) is 0 Å². The molecule has 2 saturated carbocycles. The van der Waals surface area contributed by atoms with Gasteiger partial charge in [0.05, 0.1) is 5.56 Å². The fourth-order valence-corrected chi connectivity index (χ4v) is 5.18. The second-order valence-corrected chi connectivity index (χ2v) is 8.17. The van der Waals surface area contributed by atoms with Gasteiger partial charge in [0.1, 0.15) is 0 Å². The SMILES string of the molecule is CCn1c(C)cc(C(=O)N[C@H]2C[C@H]3CC[C@@]2(C)C3(C)C)c1C. The van der Waals surface area contributed by atoms with Crippen LogP contribution < -0.4 is 5.32 Å². The summed E-state index contributed by atoms with van der Waals surface area (Å²) in [6.45, 7) is 14.3. The van der Waals surface area contributed by atoms with Crippen molar-refractivity contribution in [1.29, 1.82) is 0 Å². The zero-order valence-corrected chi connectivity index (χ0v) is 14.9. The van der Waals surface area contributed by atoms with Crippen molar-refractivity contribution in [2.24, 2.45) is 16.7 Å². The third-order valence-corrected chi connectivity index (χ3v) is 7.23. The van der Waals surface area contributed by atoms with E-state index >= 15 is 0 Å². The Bertz CT molecular complexity index is 613. The van der Waals surface area contributed by atoms with Crippen LogP contribution >= 0.6 is 0 Å². The molecule has 0 aromatic carbocycles. The van der Waals surface area contributed by atoms with Crippen LogP contribution in [-0.4, -0.2) is 16.5 Å². The Kier molecular flexibility index (Phi) is 3.46. The van der Waals surface area contributed by atoms with Crippen LogP contribution in [0.25, 0.3) is 0 Å². The van der Waals surface area contributed by atoms with Gasteiger partial charge < -0.3 is 9.88 Å². The summed E-state index contributed by atoms with van der Waals surface area (Å²) < 4.78 is 2.21. The van der Waals surface area contributed by atoms with Gasteiger partial charge in [0.15, 0.2) is 0 Å². The molecule has 3 rings (SSSR count). The predicted molar refractivity (Wildman–Crippen MR) is 90.1 cm³/mol. The highest BCUT2D eigenvalue weighted by Crippen LogP contribution is 2.65. The number of fused-ring (bicyclic) bond motifs is 2. The van der Waals surface area contributed by atoms with Crippen molar-refractivity contribution in [2.75, 3.05) is 0 Å². The Balaban J connectivity index is 1.82. The highest BCUT2D eigenvalue weighted by atomic mass is 16.1. The Morgan fingerprint density at radius 2 is 2.05 bits per heavy atom. The molecule has 1 heterocycles. The number of rotatable bonds is 3. The molecule has 1 aromatic heterocycles. The minimum Gasteiger partial charge on any atom is -0.349 e. The van der Waals surface area contributed by atoms with Crippen LogP contribution in [0.2, 0.25) is 0 Å². The van der Waals surface area contributed by atoms with Gasteiger partial charge in [-0.05, 0) is 62.8 Å². The number of nitrogens with zero attached hydrogens (tertiary/aromatic N) is 1. The molecule has 0 spiro atoms. The standard InChI is InChI=1S/C19H30N2O/c1-7-21-12(2)10-15(13(21)3)17(22)20-16-11-14-8-9-19(16,6)18(14,4)5/h10,14,16H,7-9,11H2,1-6H3,(H,20,22)/t14-,16+,19-/m1/s1. The van der Waals surface area contributed by atoms with Crippen LogP contribution in [-0.2, 0) is 6.54 Å². The molecule has 122 valence electrons. The molecule has 22 heavy (non-hydrogen) atoms. The molecule has 1 amide bonds. The lowest BCUT2D eigenvalue weighted by atomic mass is 9.69. The Hall–Kier alpha value is -1.25. The summed E-state index contributed by atoms with van der Waals surface area (Å²) >= 11 is 0. The second kappa shape index (κ2) is 4.87. The van der Waals surface area contributed by atoms with Crippen LogP contribution in [0.4, 0.5) is 0 Å². The summed E-state index contributed by atoms with van der Waals surface area (Å²) in [5.74, 6) is 0.869. The second-order valence-electron chi connectivity index (χ2n) is 8.17. The van der Waals surface area contributed by atoms with E-state index in [2.05, 4.69) is 51.4 Å². The number of hydrogen-bond donors (Lipinski definition) is 1. The van der Waals surface area contributed by atoms with Gasteiger partial charge in [0.2, 0.25) is 0 Å². The number of carbonyl (C=O) groups excluding carboxylic acids is 1. The lowest BCUT2D eigenvalue weighted by Gasteiger charge is -2.39. The van der Waals surface area contributed by atoms with Gasteiger partial charge in [-0.25, -0.2) is 0 Å². The number of aryl methyl sites for hydroxylation is 1. The Labute approximate surface area is 134 Å². The summed E-state index contributed by atoms with van der Waals surface area (Å²) in [6, 6.07) is 2.35. The minimum atomic E-state index is 0.113. The first-order chi connectivity index (χ1) is 10.2. The van der Waals surface area contributed by atoms with Crippen LogP contribution in [0.3, 0.4) is 0 Å². The van der Waals surface area contributed by atoms with E-state index in [0.717, 1.165) is 30.1 Å². The van der Waals surface area contributed by atoms with Crippen molar-refractivity contribution in [1.82, 2.24) is 9.88 Å². The molecule has 0 radical (unpaired) electrons. The van der Waals surface area contributed by atoms with Gasteiger partial charge in [-0.1, -0.05) is 20.8 Å². The average Bonchev–Trinajstić information content (AvgIpc) is 2.93. The molecule has 0 aliphatic heterocycles. The zero-order valence-electron chi connectivity index (χ0n) is 14.9. The van der Waals surface area contributed by atoms with E-state index in [1.54, 1.807) is 0 Å². The number of amides is 1. The largest absolute Gasteiger partial charge is 0.349 e. The third-order valence-electron chi connectivity index (χ3n) is 7.23. The number of carbonyl (C=O) groups is 1. The van der Waals surface area contributed by atoms with Gasteiger partial charge in [0.25, 0.3) is 5.91 Å². The van der Waals surface area contributed by atoms with Gasteiger partial charge in [-0.3, -0.25) is 4.79 Å². The van der Waals surface area contributed by atoms with Crippen LogP contribution in [0, 0.1) is 30.6 Å². The molecular formula is C19H30N2O. The first-order valence-corrected chi connectivity index (χ1v) is 8.70. The van der Waals surface area contributed by atoms with Crippen LogP contribution in [0.5, 0.6) is 0 Å². The summed E-state index contributed by atoms with van der Waals surface area (Å²) in [5.41, 5.74) is 3.69. The predicted octanol–water partition coefficient (Wildman–Crippen LogP) is 4.07. The molecule has 2 aliphatic carbocycles. The van der Waals surface area contributed by atoms with E-state index in [1.807, 2.05) is 6.07 Å². The first-order valence-electron chi connectivity index (χ1n) is 8.70. The Morgan fingerprint density at radius 1 is 1.36 bits per heavy atom. The van der Waals surface area contributed by atoms with Crippen molar-refractivity contribution in [3.8, 4) is 0 Å². The normalized spacial score (nSPS) is 32.5. The molecule has 3 atom stereocenters. The van der Waals surface area contributed by atoms with Crippen LogP contribution in [0.15, 0.2) is 6.07 Å². The highest BCUT2D eigenvalue weighted by Gasteiger charge is 2.61. The average molecular weight is 302 g/mol. The lowest BCUT2D eigenvalue weighted by molar-refractivity contribution is 0.0825. The smallest absolute Gasteiger partial charge is 0.253 e. The van der Waals surface area contributed by atoms with E-state index in [4.69, 9.17) is 0 Å². The van der Waals surface area contributed by atoms with Gasteiger partial charge >= 0.3 is 0 Å². The van der Waals surface area contributed by atoms with Gasteiger partial charge in [0, 0.05) is 24.0 Å².